The van der Waals surface area contributed by atoms with E-state index in [0.29, 0.717) is 0 Å². The Morgan fingerprint density at radius 3 is 2.47 bits per heavy atom. The van der Waals surface area contributed by atoms with Crippen molar-refractivity contribution in [2.75, 3.05) is 18.0 Å². The predicted octanol–water partition coefficient (Wildman–Crippen LogP) is -0.587. The number of anilines is 1. The van der Waals surface area contributed by atoms with Gasteiger partial charge in [-0.25, -0.2) is 4.98 Å². The van der Waals surface area contributed by atoms with Crippen molar-refractivity contribution in [2.45, 2.75) is 13.8 Å². The number of halogens is 1. The lowest BCUT2D eigenvalue weighted by atomic mass is 10.3. The highest BCUT2D eigenvalue weighted by Gasteiger charge is 2.06. The zero-order chi connectivity index (χ0) is 9.97. The van der Waals surface area contributed by atoms with Gasteiger partial charge < -0.3 is 22.3 Å². The number of fused-ring (bicyclic) bond motifs is 1. The minimum absolute atomic E-state index is 0. The van der Waals surface area contributed by atoms with E-state index in [-0.39, 0.29) is 12.4 Å². The first-order chi connectivity index (χ1) is 6.85. The van der Waals surface area contributed by atoms with E-state index in [4.69, 9.17) is 0 Å². The van der Waals surface area contributed by atoms with Crippen LogP contribution < -0.4 is 17.3 Å². The number of nitrogens with one attached hydrogen (secondary N) is 1. The summed E-state index contributed by atoms with van der Waals surface area (Å²) in [6, 6.07) is 8.11. The van der Waals surface area contributed by atoms with Crippen LogP contribution in [0.1, 0.15) is 13.8 Å². The van der Waals surface area contributed by atoms with Crippen molar-refractivity contribution in [2.24, 2.45) is 0 Å². The topological polar surface area (TPSA) is 31.9 Å². The van der Waals surface area contributed by atoms with Crippen LogP contribution in [0.15, 0.2) is 24.3 Å². The number of rotatable bonds is 3. The maximum absolute atomic E-state index is 4.53. The molecular weight excluding hydrogens is 210 g/mol. The first-order valence-electron chi connectivity index (χ1n) is 5.04. The molecule has 3 nitrogen and oxygen atoms in total. The van der Waals surface area contributed by atoms with Gasteiger partial charge in [-0.1, -0.05) is 12.1 Å². The van der Waals surface area contributed by atoms with E-state index in [1.807, 2.05) is 18.2 Å². The van der Waals surface area contributed by atoms with Gasteiger partial charge in [-0.15, -0.1) is 0 Å². The van der Waals surface area contributed by atoms with Crippen molar-refractivity contribution < 1.29 is 12.4 Å². The lowest BCUT2D eigenvalue weighted by Crippen LogP contribution is -3.00. The molecule has 0 spiro atoms. The van der Waals surface area contributed by atoms with Crippen LogP contribution in [0.2, 0.25) is 0 Å². The smallest absolute Gasteiger partial charge is 0.203 e. The fourth-order valence-corrected chi connectivity index (χ4v) is 1.61. The fourth-order valence-electron chi connectivity index (χ4n) is 1.61. The molecule has 0 saturated heterocycles. The lowest BCUT2D eigenvalue weighted by molar-refractivity contribution is -0.00000309. The number of benzene rings is 1. The quantitative estimate of drug-likeness (QED) is 0.756. The molecule has 0 unspecified atom stereocenters. The Labute approximate surface area is 95.9 Å². The van der Waals surface area contributed by atoms with Gasteiger partial charge in [0.25, 0.3) is 0 Å². The summed E-state index contributed by atoms with van der Waals surface area (Å²) in [4.78, 5) is 10.0. The first kappa shape index (κ1) is 11.9. The molecule has 2 rings (SSSR count). The highest BCUT2D eigenvalue weighted by Crippen LogP contribution is 2.16. The van der Waals surface area contributed by atoms with Crippen LogP contribution in [0.25, 0.3) is 11.0 Å². The van der Waals surface area contributed by atoms with Crippen molar-refractivity contribution in [3.05, 3.63) is 24.3 Å². The molecule has 1 aromatic carbocycles. The SMILES string of the molecule is CCN(CC)c1nc2ccccc2[nH]1.[Cl-]. The Kier molecular flexibility index (Phi) is 3.97. The third-order valence-corrected chi connectivity index (χ3v) is 2.44. The van der Waals surface area contributed by atoms with Crippen LogP contribution >= 0.6 is 0 Å². The number of aromatic amines is 1. The van der Waals surface area contributed by atoms with Crippen LogP contribution in [-0.4, -0.2) is 23.1 Å². The minimum Gasteiger partial charge on any atom is -1.00 e. The molecule has 0 saturated carbocycles. The zero-order valence-electron chi connectivity index (χ0n) is 9.00. The van der Waals surface area contributed by atoms with Gasteiger partial charge in [-0.05, 0) is 26.0 Å². The molecule has 0 bridgehead atoms. The largest absolute Gasteiger partial charge is 1.00 e. The van der Waals surface area contributed by atoms with Crippen LogP contribution in [-0.2, 0) is 0 Å². The third kappa shape index (κ3) is 2.23. The second-order valence-electron chi connectivity index (χ2n) is 3.25. The van der Waals surface area contributed by atoms with Gasteiger partial charge in [0.1, 0.15) is 0 Å². The van der Waals surface area contributed by atoms with Gasteiger partial charge >= 0.3 is 0 Å². The van der Waals surface area contributed by atoms with Crippen molar-refractivity contribution in [1.82, 2.24) is 9.97 Å². The lowest BCUT2D eigenvalue weighted by Gasteiger charge is -2.16. The standard InChI is InChI=1S/C11H15N3.ClH/c1-3-14(4-2)11-12-9-7-5-6-8-10(9)13-11;/h5-8H,3-4H2,1-2H3,(H,12,13);1H/p-1. The van der Waals surface area contributed by atoms with Crippen molar-refractivity contribution in [3.8, 4) is 0 Å². The highest BCUT2D eigenvalue weighted by atomic mass is 35.5. The Morgan fingerprint density at radius 1 is 1.20 bits per heavy atom. The second-order valence-corrected chi connectivity index (χ2v) is 3.25. The van der Waals surface area contributed by atoms with E-state index in [9.17, 15) is 0 Å². The number of H-pyrrole nitrogens is 1. The molecule has 0 fully saturated rings. The molecule has 0 radical (unpaired) electrons. The molecule has 4 heteroatoms. The van der Waals surface area contributed by atoms with Crippen LogP contribution in [0, 0.1) is 0 Å². The molecule has 2 aromatic rings. The summed E-state index contributed by atoms with van der Waals surface area (Å²) >= 11 is 0. The number of aromatic nitrogens is 2. The van der Waals surface area contributed by atoms with E-state index in [2.05, 4.69) is 34.8 Å². The van der Waals surface area contributed by atoms with Crippen LogP contribution in [0.3, 0.4) is 0 Å². The van der Waals surface area contributed by atoms with Crippen LogP contribution in [0.5, 0.6) is 0 Å². The normalized spacial score (nSPS) is 10.0. The van der Waals surface area contributed by atoms with Gasteiger partial charge in [-0.2, -0.15) is 0 Å². The number of imidazole rings is 1. The van der Waals surface area contributed by atoms with Crippen LogP contribution in [0.4, 0.5) is 5.95 Å². The summed E-state index contributed by atoms with van der Waals surface area (Å²) in [5, 5.41) is 0. The molecule has 0 aliphatic rings. The summed E-state index contributed by atoms with van der Waals surface area (Å²) in [6.07, 6.45) is 0. The maximum Gasteiger partial charge on any atom is 0.203 e. The number of hydrogen-bond acceptors (Lipinski definition) is 2. The summed E-state index contributed by atoms with van der Waals surface area (Å²) in [5.74, 6) is 0.969. The molecule has 1 heterocycles. The maximum atomic E-state index is 4.53. The van der Waals surface area contributed by atoms with Crippen molar-refractivity contribution in [3.63, 3.8) is 0 Å². The molecule has 0 atom stereocenters. The second kappa shape index (κ2) is 5.03. The van der Waals surface area contributed by atoms with E-state index >= 15 is 0 Å². The first-order valence-corrected chi connectivity index (χ1v) is 5.04. The zero-order valence-corrected chi connectivity index (χ0v) is 9.75. The van der Waals surface area contributed by atoms with Gasteiger partial charge in [-0.3, -0.25) is 0 Å². The summed E-state index contributed by atoms with van der Waals surface area (Å²) < 4.78 is 0. The summed E-state index contributed by atoms with van der Waals surface area (Å²) in [5.41, 5.74) is 2.14. The number of hydrogen-bond donors (Lipinski definition) is 1. The molecule has 1 aromatic heterocycles. The average molecular weight is 225 g/mol. The van der Waals surface area contributed by atoms with Gasteiger partial charge in [0.2, 0.25) is 5.95 Å². The van der Waals surface area contributed by atoms with Crippen molar-refractivity contribution >= 4 is 17.0 Å². The van der Waals surface area contributed by atoms with Gasteiger partial charge in [0, 0.05) is 13.1 Å². The summed E-state index contributed by atoms with van der Waals surface area (Å²) in [7, 11) is 0. The molecule has 0 aliphatic heterocycles. The number of para-hydroxylation sites is 2. The number of nitrogens with zero attached hydrogens (tertiary/aromatic N) is 2. The third-order valence-electron chi connectivity index (χ3n) is 2.44. The van der Waals surface area contributed by atoms with Crippen molar-refractivity contribution in [1.29, 1.82) is 0 Å². The van der Waals surface area contributed by atoms with Gasteiger partial charge in [0.15, 0.2) is 0 Å². The molecule has 0 amide bonds. The molecule has 82 valence electrons. The van der Waals surface area contributed by atoms with E-state index < -0.39 is 0 Å². The van der Waals surface area contributed by atoms with E-state index in [0.717, 1.165) is 30.1 Å². The fraction of sp³-hybridized carbons (Fsp3) is 0.364. The molecule has 1 N–H and O–H groups in total. The summed E-state index contributed by atoms with van der Waals surface area (Å²) in [6.45, 7) is 6.24. The monoisotopic (exact) mass is 224 g/mol. The molecule has 15 heavy (non-hydrogen) atoms. The van der Waals surface area contributed by atoms with E-state index in [1.165, 1.54) is 0 Å². The average Bonchev–Trinajstić information content (AvgIpc) is 2.63. The highest BCUT2D eigenvalue weighted by molar-refractivity contribution is 5.77. The van der Waals surface area contributed by atoms with E-state index in [1.54, 1.807) is 0 Å². The Hall–Kier alpha value is -1.22. The van der Waals surface area contributed by atoms with Gasteiger partial charge in [0.05, 0.1) is 11.0 Å². The molecular formula is C11H15ClN3-. The Balaban J connectivity index is 0.00000112. The minimum atomic E-state index is 0. The Morgan fingerprint density at radius 2 is 1.87 bits per heavy atom. The molecule has 0 aliphatic carbocycles. The predicted molar refractivity (Wildman–Crippen MR) is 59.7 cm³/mol. The Bertz CT molecular complexity index is 387.